The van der Waals surface area contributed by atoms with Crippen LogP contribution >= 0.6 is 0 Å². The molecule has 2 aliphatic rings. The Kier molecular flexibility index (Phi) is 5.78. The van der Waals surface area contributed by atoms with Gasteiger partial charge in [0.25, 0.3) is 5.92 Å². The van der Waals surface area contributed by atoms with E-state index in [-0.39, 0.29) is 25.6 Å². The van der Waals surface area contributed by atoms with E-state index in [1.165, 1.54) is 0 Å². The molecule has 2 aliphatic heterocycles. The normalized spacial score (nSPS) is 19.4. The summed E-state index contributed by atoms with van der Waals surface area (Å²) in [7, 11) is 3.10. The Hall–Kier alpha value is -3.19. The fourth-order valence-corrected chi connectivity index (χ4v) is 3.86. The molecule has 2 aromatic rings. The smallest absolute Gasteiger partial charge is 0.318 e. The van der Waals surface area contributed by atoms with Gasteiger partial charge in [-0.25, -0.2) is 8.78 Å². The minimum absolute atomic E-state index is 0.126. The van der Waals surface area contributed by atoms with Gasteiger partial charge in [-0.05, 0) is 18.2 Å². The first-order chi connectivity index (χ1) is 14.9. The third-order valence-electron chi connectivity index (χ3n) is 5.45. The zero-order chi connectivity index (χ0) is 22.0. The molecule has 31 heavy (non-hydrogen) atoms. The molecule has 1 aromatic carbocycles. The van der Waals surface area contributed by atoms with Gasteiger partial charge in [-0.2, -0.15) is 15.2 Å². The molecule has 164 valence electrons. The first kappa shape index (κ1) is 21.1. The van der Waals surface area contributed by atoms with Crippen LogP contribution in [0.15, 0.2) is 18.2 Å². The molecular formula is C21H23F2N5O3. The van der Waals surface area contributed by atoms with Crippen molar-refractivity contribution in [2.75, 3.05) is 52.3 Å². The summed E-state index contributed by atoms with van der Waals surface area (Å²) in [6.45, 7) is 1.04. The van der Waals surface area contributed by atoms with Crippen molar-refractivity contribution in [1.29, 1.82) is 5.26 Å². The number of aromatic nitrogens is 2. The zero-order valence-electron chi connectivity index (χ0n) is 17.3. The van der Waals surface area contributed by atoms with Crippen LogP contribution in [0.1, 0.15) is 17.9 Å². The summed E-state index contributed by atoms with van der Waals surface area (Å²) in [6, 6.07) is 7.77. The number of anilines is 1. The molecule has 1 N–H and O–H groups in total. The Morgan fingerprint density at radius 3 is 2.74 bits per heavy atom. The van der Waals surface area contributed by atoms with Crippen LogP contribution in [-0.4, -0.2) is 67.8 Å². The van der Waals surface area contributed by atoms with Crippen LogP contribution in [0.5, 0.6) is 17.5 Å². The topological polar surface area (TPSA) is 92.5 Å². The van der Waals surface area contributed by atoms with E-state index in [4.69, 9.17) is 14.2 Å². The molecule has 4 rings (SSSR count). The number of nitrogens with one attached hydrogen (secondary N) is 1. The molecule has 0 bridgehead atoms. The Balaban J connectivity index is 1.60. The molecule has 1 saturated heterocycles. The maximum atomic E-state index is 13.4. The lowest BCUT2D eigenvalue weighted by Gasteiger charge is -2.16. The Morgan fingerprint density at radius 1 is 1.26 bits per heavy atom. The summed E-state index contributed by atoms with van der Waals surface area (Å²) in [5.74, 6) is -1.40. The highest BCUT2D eigenvalue weighted by molar-refractivity contribution is 5.75. The van der Waals surface area contributed by atoms with Crippen LogP contribution in [0.2, 0.25) is 0 Å². The minimum atomic E-state index is -2.64. The minimum Gasteiger partial charge on any atom is -0.493 e. The highest BCUT2D eigenvalue weighted by atomic mass is 19.3. The lowest BCUT2D eigenvalue weighted by Crippen LogP contribution is -2.29. The number of halogens is 2. The van der Waals surface area contributed by atoms with Gasteiger partial charge in [0.05, 0.1) is 38.4 Å². The number of fused-ring (bicyclic) bond motifs is 1. The van der Waals surface area contributed by atoms with E-state index < -0.39 is 11.8 Å². The summed E-state index contributed by atoms with van der Waals surface area (Å²) in [5, 5.41) is 12.7. The average molecular weight is 431 g/mol. The van der Waals surface area contributed by atoms with Crippen molar-refractivity contribution in [2.45, 2.75) is 18.3 Å². The molecule has 0 spiro atoms. The summed E-state index contributed by atoms with van der Waals surface area (Å²) in [4.78, 5) is 10.6. The van der Waals surface area contributed by atoms with Gasteiger partial charge >= 0.3 is 6.01 Å². The predicted molar refractivity (Wildman–Crippen MR) is 109 cm³/mol. The van der Waals surface area contributed by atoms with Crippen LogP contribution in [0.3, 0.4) is 0 Å². The molecule has 0 aliphatic carbocycles. The van der Waals surface area contributed by atoms with E-state index in [0.717, 1.165) is 5.56 Å². The van der Waals surface area contributed by atoms with Gasteiger partial charge in [0.15, 0.2) is 11.5 Å². The van der Waals surface area contributed by atoms with Gasteiger partial charge in [0, 0.05) is 37.2 Å². The number of nitriles is 1. The average Bonchev–Trinajstić information content (AvgIpc) is 3.34. The van der Waals surface area contributed by atoms with Gasteiger partial charge in [-0.1, -0.05) is 0 Å². The number of nitrogens with zero attached hydrogens (tertiary/aromatic N) is 4. The molecule has 1 unspecified atom stereocenters. The number of alkyl halides is 2. The molecule has 1 aromatic heterocycles. The molecule has 10 heteroatoms. The van der Waals surface area contributed by atoms with Gasteiger partial charge in [-0.15, -0.1) is 0 Å². The SMILES string of the molecule is COc1ccc(-c2nc(OCCN3CCC(F)(F)C3)nc3c2C(C#N)CN3)cc1OC. The van der Waals surface area contributed by atoms with Gasteiger partial charge < -0.3 is 19.5 Å². The second-order valence-electron chi connectivity index (χ2n) is 7.48. The maximum Gasteiger partial charge on any atom is 0.318 e. The first-order valence-corrected chi connectivity index (χ1v) is 9.95. The van der Waals surface area contributed by atoms with Crippen molar-refractivity contribution in [2.24, 2.45) is 0 Å². The second kappa shape index (κ2) is 8.51. The Labute approximate surface area is 178 Å². The van der Waals surface area contributed by atoms with E-state index in [9.17, 15) is 14.0 Å². The molecule has 0 saturated carbocycles. The highest BCUT2D eigenvalue weighted by Gasteiger charge is 2.38. The van der Waals surface area contributed by atoms with E-state index in [1.807, 2.05) is 6.07 Å². The fraction of sp³-hybridized carbons (Fsp3) is 0.476. The largest absolute Gasteiger partial charge is 0.493 e. The summed E-state index contributed by atoms with van der Waals surface area (Å²) < 4.78 is 43.1. The number of hydrogen-bond acceptors (Lipinski definition) is 8. The van der Waals surface area contributed by atoms with E-state index >= 15 is 0 Å². The quantitative estimate of drug-likeness (QED) is 0.716. The van der Waals surface area contributed by atoms with Gasteiger partial charge in [0.2, 0.25) is 0 Å². The van der Waals surface area contributed by atoms with Gasteiger partial charge in [-0.3, -0.25) is 4.90 Å². The molecule has 1 fully saturated rings. The van der Waals surface area contributed by atoms with Crippen LogP contribution < -0.4 is 19.5 Å². The molecule has 0 radical (unpaired) electrons. The lowest BCUT2D eigenvalue weighted by molar-refractivity contribution is 0.0112. The third-order valence-corrected chi connectivity index (χ3v) is 5.45. The van der Waals surface area contributed by atoms with E-state index in [2.05, 4.69) is 21.4 Å². The fourth-order valence-electron chi connectivity index (χ4n) is 3.86. The highest BCUT2D eigenvalue weighted by Crippen LogP contribution is 2.40. The lowest BCUT2D eigenvalue weighted by atomic mass is 9.98. The standard InChI is InChI=1S/C21H23F2N5O3/c1-29-15-4-3-13(9-16(15)30-2)18-17-14(10-24)11-25-19(17)27-20(26-18)31-8-7-28-6-5-21(22,23)12-28/h3-4,9,14H,5-8,11-12H2,1-2H3,(H,25,26,27). The summed E-state index contributed by atoms with van der Waals surface area (Å²) in [5.41, 5.74) is 1.98. The monoisotopic (exact) mass is 431 g/mol. The molecule has 0 amide bonds. The Morgan fingerprint density at radius 2 is 2.06 bits per heavy atom. The van der Waals surface area contributed by atoms with Crippen LogP contribution in [0.4, 0.5) is 14.6 Å². The number of methoxy groups -OCH3 is 2. The van der Waals surface area contributed by atoms with Crippen molar-refractivity contribution < 1.29 is 23.0 Å². The summed E-state index contributed by atoms with van der Waals surface area (Å²) in [6.07, 6.45) is -0.134. The zero-order valence-corrected chi connectivity index (χ0v) is 17.3. The van der Waals surface area contributed by atoms with Crippen molar-refractivity contribution in [1.82, 2.24) is 14.9 Å². The number of ether oxygens (including phenoxy) is 3. The number of rotatable bonds is 7. The van der Waals surface area contributed by atoms with Crippen LogP contribution in [0.25, 0.3) is 11.3 Å². The van der Waals surface area contributed by atoms with Crippen LogP contribution in [0, 0.1) is 11.3 Å². The first-order valence-electron chi connectivity index (χ1n) is 9.95. The van der Waals surface area contributed by atoms with E-state index in [1.54, 1.807) is 31.3 Å². The number of benzene rings is 1. The van der Waals surface area contributed by atoms with Gasteiger partial charge in [0.1, 0.15) is 12.4 Å². The summed E-state index contributed by atoms with van der Waals surface area (Å²) >= 11 is 0. The second-order valence-corrected chi connectivity index (χ2v) is 7.48. The Bertz CT molecular complexity index is 1010. The molecule has 3 heterocycles. The van der Waals surface area contributed by atoms with Crippen LogP contribution in [-0.2, 0) is 0 Å². The predicted octanol–water partition coefficient (Wildman–Crippen LogP) is 2.91. The van der Waals surface area contributed by atoms with E-state index in [0.29, 0.717) is 48.2 Å². The maximum absolute atomic E-state index is 13.4. The molecular weight excluding hydrogens is 408 g/mol. The number of hydrogen-bond donors (Lipinski definition) is 1. The van der Waals surface area contributed by atoms with Crippen molar-refractivity contribution in [3.63, 3.8) is 0 Å². The number of likely N-dealkylation sites (tertiary alicyclic amines) is 1. The third kappa shape index (κ3) is 4.32. The molecule has 1 atom stereocenters. The molecule has 8 nitrogen and oxygen atoms in total. The van der Waals surface area contributed by atoms with Crippen molar-refractivity contribution >= 4 is 5.82 Å². The van der Waals surface area contributed by atoms with Crippen molar-refractivity contribution in [3.05, 3.63) is 23.8 Å². The van der Waals surface area contributed by atoms with Crippen molar-refractivity contribution in [3.8, 4) is 34.8 Å².